The Morgan fingerprint density at radius 1 is 1.03 bits per heavy atom. The second-order valence-corrected chi connectivity index (χ2v) is 10.5. The molecule has 5 heterocycles. The Morgan fingerprint density at radius 3 is 2.67 bits per heavy atom. The molecule has 2 saturated heterocycles. The molecule has 0 spiro atoms. The molecule has 2 N–H and O–H groups in total. The monoisotopic (exact) mass is 457 g/mol. The molecule has 0 radical (unpaired) electrons. The lowest BCUT2D eigenvalue weighted by Gasteiger charge is -2.34. The minimum atomic E-state index is 0.175. The molecule has 0 amide bonds. The van der Waals surface area contributed by atoms with Crippen molar-refractivity contribution in [2.24, 2.45) is 0 Å². The molecule has 2 atom stereocenters. The third-order valence-electron chi connectivity index (χ3n) is 7.09. The van der Waals surface area contributed by atoms with Gasteiger partial charge < -0.3 is 20.4 Å². The Morgan fingerprint density at radius 2 is 1.88 bits per heavy atom. The molecule has 2 unspecified atom stereocenters. The highest BCUT2D eigenvalue weighted by Crippen LogP contribution is 2.46. The van der Waals surface area contributed by atoms with Crippen molar-refractivity contribution in [2.75, 3.05) is 42.9 Å². The minimum absolute atomic E-state index is 0.175. The topological polar surface area (TPSA) is 43.4 Å². The van der Waals surface area contributed by atoms with Crippen LogP contribution >= 0.6 is 11.3 Å². The predicted molar refractivity (Wildman–Crippen MR) is 138 cm³/mol. The van der Waals surface area contributed by atoms with Crippen LogP contribution in [0.25, 0.3) is 5.70 Å². The highest BCUT2D eigenvalue weighted by Gasteiger charge is 2.33. The third kappa shape index (κ3) is 4.02. The molecule has 3 aliphatic rings. The number of fused-ring (bicyclic) bond motifs is 1. The normalized spacial score (nSPS) is 22.6. The number of hydrogen-bond donors (Lipinski definition) is 2. The maximum absolute atomic E-state index is 4.40. The van der Waals surface area contributed by atoms with Gasteiger partial charge in [0.15, 0.2) is 0 Å². The van der Waals surface area contributed by atoms with E-state index in [1.165, 1.54) is 50.8 Å². The number of anilines is 2. The maximum atomic E-state index is 4.40. The van der Waals surface area contributed by atoms with Crippen molar-refractivity contribution in [3.05, 3.63) is 81.8 Å². The van der Waals surface area contributed by atoms with Crippen molar-refractivity contribution < 1.29 is 0 Å². The molecular weight excluding hydrogens is 426 g/mol. The van der Waals surface area contributed by atoms with Crippen molar-refractivity contribution in [3.8, 4) is 0 Å². The summed E-state index contributed by atoms with van der Waals surface area (Å²) in [4.78, 5) is 12.2. The fourth-order valence-electron chi connectivity index (χ4n) is 5.45. The zero-order chi connectivity index (χ0) is 22.2. The van der Waals surface area contributed by atoms with Gasteiger partial charge in [-0.2, -0.15) is 0 Å². The molecular formula is C27H31N5S. The Bertz CT molecular complexity index is 1130. The van der Waals surface area contributed by atoms with E-state index in [1.54, 1.807) is 0 Å². The molecule has 5 nitrogen and oxygen atoms in total. The quantitative estimate of drug-likeness (QED) is 0.563. The second-order valence-electron chi connectivity index (χ2n) is 9.24. The summed E-state index contributed by atoms with van der Waals surface area (Å²) in [5.74, 6) is 0. The standard InChI is InChI=1S/C27H31N5S/c1-19-16-24-27(33-19)26(32-13-3-5-25(32)21-4-2-10-29-18-21)17-23(30-24)20-6-8-22(9-7-20)31-14-11-28-12-15-31/h2,4,6-10,16-18,23,25,28,30H,3,5,11-15H2,1H3. The van der Waals surface area contributed by atoms with Crippen LogP contribution in [-0.4, -0.2) is 42.6 Å². The number of hydrogen-bond acceptors (Lipinski definition) is 6. The molecule has 2 aromatic heterocycles. The van der Waals surface area contributed by atoms with Gasteiger partial charge in [-0.1, -0.05) is 18.2 Å². The van der Waals surface area contributed by atoms with E-state index in [9.17, 15) is 0 Å². The SMILES string of the molecule is Cc1cc2c(s1)C(N1CCCC1c1cccnc1)=CC(c1ccc(N3CCNCC3)cc1)N2. The predicted octanol–water partition coefficient (Wildman–Crippen LogP) is 5.21. The Hall–Kier alpha value is -2.83. The van der Waals surface area contributed by atoms with Crippen molar-refractivity contribution in [1.82, 2.24) is 15.2 Å². The average Bonchev–Trinajstić information content (AvgIpc) is 3.51. The maximum Gasteiger partial charge on any atom is 0.0736 e. The van der Waals surface area contributed by atoms with Gasteiger partial charge in [0, 0.05) is 55.7 Å². The van der Waals surface area contributed by atoms with Crippen LogP contribution in [0, 0.1) is 6.92 Å². The number of benzene rings is 1. The van der Waals surface area contributed by atoms with Crippen LogP contribution in [-0.2, 0) is 0 Å². The summed E-state index contributed by atoms with van der Waals surface area (Å²) in [5, 5.41) is 7.25. The van der Waals surface area contributed by atoms with Crippen molar-refractivity contribution in [2.45, 2.75) is 31.8 Å². The first-order valence-electron chi connectivity index (χ1n) is 12.1. The van der Waals surface area contributed by atoms with Gasteiger partial charge in [0.25, 0.3) is 0 Å². The van der Waals surface area contributed by atoms with Gasteiger partial charge >= 0.3 is 0 Å². The summed E-state index contributed by atoms with van der Waals surface area (Å²) < 4.78 is 0. The Kier molecular flexibility index (Phi) is 5.56. The average molecular weight is 458 g/mol. The van der Waals surface area contributed by atoms with Crippen molar-refractivity contribution in [1.29, 1.82) is 0 Å². The fourth-order valence-corrected chi connectivity index (χ4v) is 6.47. The van der Waals surface area contributed by atoms with Crippen LogP contribution in [0.15, 0.2) is 60.9 Å². The smallest absolute Gasteiger partial charge is 0.0736 e. The number of aryl methyl sites for hydroxylation is 1. The summed E-state index contributed by atoms with van der Waals surface area (Å²) in [6.07, 6.45) is 8.76. The summed E-state index contributed by atoms with van der Waals surface area (Å²) in [6, 6.07) is 16.4. The van der Waals surface area contributed by atoms with E-state index in [1.807, 2.05) is 23.7 Å². The molecule has 3 aliphatic heterocycles. The summed E-state index contributed by atoms with van der Waals surface area (Å²) in [6.45, 7) is 7.58. The van der Waals surface area contributed by atoms with Gasteiger partial charge in [0.05, 0.1) is 28.3 Å². The summed E-state index contributed by atoms with van der Waals surface area (Å²) in [7, 11) is 0. The van der Waals surface area contributed by atoms with Gasteiger partial charge in [0.1, 0.15) is 0 Å². The largest absolute Gasteiger partial charge is 0.373 e. The lowest BCUT2D eigenvalue weighted by atomic mass is 9.99. The first kappa shape index (κ1) is 20.8. The number of thiophene rings is 1. The van der Waals surface area contributed by atoms with E-state index in [0.29, 0.717) is 6.04 Å². The Balaban J connectivity index is 1.33. The van der Waals surface area contributed by atoms with Crippen LogP contribution < -0.4 is 15.5 Å². The first-order valence-corrected chi connectivity index (χ1v) is 12.9. The number of nitrogens with zero attached hydrogens (tertiary/aromatic N) is 3. The second kappa shape index (κ2) is 8.84. The molecule has 0 bridgehead atoms. The number of piperazine rings is 1. The zero-order valence-corrected chi connectivity index (χ0v) is 19.9. The van der Waals surface area contributed by atoms with Gasteiger partial charge in [-0.15, -0.1) is 11.3 Å². The lowest BCUT2D eigenvalue weighted by Crippen LogP contribution is -2.43. The number of rotatable bonds is 4. The zero-order valence-electron chi connectivity index (χ0n) is 19.1. The molecule has 0 aliphatic carbocycles. The van der Waals surface area contributed by atoms with Crippen LogP contribution in [0.2, 0.25) is 0 Å². The van der Waals surface area contributed by atoms with E-state index in [0.717, 1.165) is 32.7 Å². The van der Waals surface area contributed by atoms with E-state index in [-0.39, 0.29) is 6.04 Å². The third-order valence-corrected chi connectivity index (χ3v) is 8.16. The number of aromatic nitrogens is 1. The highest BCUT2D eigenvalue weighted by atomic mass is 32.1. The van der Waals surface area contributed by atoms with Crippen LogP contribution in [0.5, 0.6) is 0 Å². The molecule has 2 fully saturated rings. The number of likely N-dealkylation sites (tertiary alicyclic amines) is 1. The van der Waals surface area contributed by atoms with Gasteiger partial charge in [-0.05, 0) is 61.2 Å². The highest BCUT2D eigenvalue weighted by molar-refractivity contribution is 7.13. The molecule has 0 saturated carbocycles. The summed E-state index contributed by atoms with van der Waals surface area (Å²) >= 11 is 1.90. The fraction of sp³-hybridized carbons (Fsp3) is 0.370. The van der Waals surface area contributed by atoms with Crippen molar-refractivity contribution in [3.63, 3.8) is 0 Å². The van der Waals surface area contributed by atoms with Crippen molar-refractivity contribution >= 4 is 28.4 Å². The number of pyridine rings is 1. The molecule has 6 rings (SSSR count). The van der Waals surface area contributed by atoms with E-state index in [4.69, 9.17) is 0 Å². The molecule has 33 heavy (non-hydrogen) atoms. The molecule has 6 heteroatoms. The van der Waals surface area contributed by atoms with E-state index >= 15 is 0 Å². The minimum Gasteiger partial charge on any atom is -0.373 e. The molecule has 170 valence electrons. The van der Waals surface area contributed by atoms with Gasteiger partial charge in [-0.25, -0.2) is 0 Å². The van der Waals surface area contributed by atoms with Crippen LogP contribution in [0.1, 0.15) is 45.8 Å². The summed E-state index contributed by atoms with van der Waals surface area (Å²) in [5.41, 5.74) is 6.61. The first-order chi connectivity index (χ1) is 16.3. The molecule has 1 aromatic carbocycles. The van der Waals surface area contributed by atoms with E-state index < -0.39 is 0 Å². The van der Waals surface area contributed by atoms with Gasteiger partial charge in [-0.3, -0.25) is 4.98 Å². The van der Waals surface area contributed by atoms with Crippen LogP contribution in [0.3, 0.4) is 0 Å². The van der Waals surface area contributed by atoms with Gasteiger partial charge in [0.2, 0.25) is 0 Å². The lowest BCUT2D eigenvalue weighted by molar-refractivity contribution is 0.377. The Labute approximate surface area is 200 Å². The molecule has 3 aromatic rings. The van der Waals surface area contributed by atoms with Crippen LogP contribution in [0.4, 0.5) is 11.4 Å². The number of nitrogens with one attached hydrogen (secondary N) is 2. The van der Waals surface area contributed by atoms with E-state index in [2.05, 4.69) is 80.9 Å².